The fourth-order valence-electron chi connectivity index (χ4n) is 4.59. The molecular formula is C24H27ClN4O2. The van der Waals surface area contributed by atoms with Gasteiger partial charge in [-0.25, -0.2) is 4.98 Å². The molecule has 0 N–H and O–H groups in total. The molecule has 1 aromatic heterocycles. The summed E-state index contributed by atoms with van der Waals surface area (Å²) in [5, 5.41) is 0.687. The van der Waals surface area contributed by atoms with Crippen LogP contribution in [0.3, 0.4) is 0 Å². The summed E-state index contributed by atoms with van der Waals surface area (Å²) >= 11 is 6.32. The van der Waals surface area contributed by atoms with Crippen molar-refractivity contribution >= 4 is 34.2 Å². The van der Waals surface area contributed by atoms with Crippen molar-refractivity contribution in [3.05, 3.63) is 58.9 Å². The highest BCUT2D eigenvalue weighted by Crippen LogP contribution is 2.34. The van der Waals surface area contributed by atoms with Gasteiger partial charge in [-0.1, -0.05) is 29.8 Å². The van der Waals surface area contributed by atoms with Crippen LogP contribution in [0.2, 0.25) is 5.02 Å². The summed E-state index contributed by atoms with van der Waals surface area (Å²) in [4.78, 5) is 22.2. The monoisotopic (exact) mass is 438 g/mol. The van der Waals surface area contributed by atoms with Crippen molar-refractivity contribution in [3.8, 4) is 0 Å². The number of benzene rings is 2. The Morgan fingerprint density at radius 3 is 2.74 bits per heavy atom. The van der Waals surface area contributed by atoms with Gasteiger partial charge in [0.25, 0.3) is 0 Å². The molecule has 2 aliphatic rings. The fourth-order valence-corrected chi connectivity index (χ4v) is 4.76. The summed E-state index contributed by atoms with van der Waals surface area (Å²) in [7, 11) is 0. The van der Waals surface area contributed by atoms with Gasteiger partial charge in [0.1, 0.15) is 5.82 Å². The van der Waals surface area contributed by atoms with Crippen molar-refractivity contribution in [1.29, 1.82) is 0 Å². The van der Waals surface area contributed by atoms with E-state index in [2.05, 4.69) is 27.7 Å². The molecule has 0 bridgehead atoms. The van der Waals surface area contributed by atoms with Gasteiger partial charge in [0, 0.05) is 55.8 Å². The van der Waals surface area contributed by atoms with Crippen molar-refractivity contribution < 1.29 is 9.53 Å². The number of aromatic nitrogens is 2. The average Bonchev–Trinajstić information content (AvgIpc) is 3.35. The van der Waals surface area contributed by atoms with E-state index in [0.29, 0.717) is 18.0 Å². The van der Waals surface area contributed by atoms with E-state index in [1.807, 2.05) is 36.1 Å². The molecular weight excluding hydrogens is 412 g/mol. The lowest BCUT2D eigenvalue weighted by Gasteiger charge is -2.27. The Labute approximate surface area is 187 Å². The maximum absolute atomic E-state index is 12.9. The number of amides is 1. The average molecular weight is 439 g/mol. The zero-order valence-corrected chi connectivity index (χ0v) is 18.5. The number of morpholine rings is 1. The number of fused-ring (bicyclic) bond motifs is 1. The molecule has 2 saturated heterocycles. The smallest absolute Gasteiger partial charge is 0.227 e. The van der Waals surface area contributed by atoms with Gasteiger partial charge in [0.15, 0.2) is 0 Å². The highest BCUT2D eigenvalue weighted by atomic mass is 35.5. The maximum Gasteiger partial charge on any atom is 0.227 e. The lowest BCUT2D eigenvalue weighted by atomic mass is 10.1. The summed E-state index contributed by atoms with van der Waals surface area (Å²) in [5.41, 5.74) is 4.00. The van der Waals surface area contributed by atoms with Crippen LogP contribution < -0.4 is 4.90 Å². The molecule has 6 nitrogen and oxygen atoms in total. The first-order valence-corrected chi connectivity index (χ1v) is 11.3. The molecule has 2 fully saturated rings. The van der Waals surface area contributed by atoms with Crippen molar-refractivity contribution in [2.24, 2.45) is 0 Å². The Hall–Kier alpha value is -2.41. The third kappa shape index (κ3) is 4.07. The zero-order valence-electron chi connectivity index (χ0n) is 17.8. The molecule has 162 valence electrons. The minimum absolute atomic E-state index is 0.0599. The van der Waals surface area contributed by atoms with E-state index in [1.54, 1.807) is 0 Å². The summed E-state index contributed by atoms with van der Waals surface area (Å²) in [6.45, 7) is 7.92. The van der Waals surface area contributed by atoms with E-state index in [9.17, 15) is 4.79 Å². The van der Waals surface area contributed by atoms with Crippen LogP contribution in [0.4, 0.5) is 5.69 Å². The number of nitrogens with zero attached hydrogens (tertiary/aromatic N) is 4. The van der Waals surface area contributed by atoms with Gasteiger partial charge in [-0.15, -0.1) is 0 Å². The number of aryl methyl sites for hydroxylation is 1. The van der Waals surface area contributed by atoms with Gasteiger partial charge in [0.2, 0.25) is 5.91 Å². The first-order chi connectivity index (χ1) is 15.1. The molecule has 2 aliphatic heterocycles. The predicted octanol–water partition coefficient (Wildman–Crippen LogP) is 3.85. The summed E-state index contributed by atoms with van der Waals surface area (Å²) in [6, 6.07) is 14.1. The topological polar surface area (TPSA) is 50.6 Å². The number of ether oxygens (including phenoxy) is 1. The molecule has 0 radical (unpaired) electrons. The third-order valence-corrected chi connectivity index (χ3v) is 6.79. The first kappa shape index (κ1) is 20.5. The SMILES string of the molecule is Cc1ccc(N2CC(c3nc4ccccc4n3CCN3CCOCC3)CC2=O)cc1Cl. The van der Waals surface area contributed by atoms with Gasteiger partial charge < -0.3 is 14.2 Å². The molecule has 1 unspecified atom stereocenters. The Bertz CT molecular complexity index is 1110. The van der Waals surface area contributed by atoms with Gasteiger partial charge in [-0.05, 0) is 36.8 Å². The summed E-state index contributed by atoms with van der Waals surface area (Å²) in [5.74, 6) is 1.19. The quantitative estimate of drug-likeness (QED) is 0.607. The Balaban J connectivity index is 1.42. The Kier molecular flexibility index (Phi) is 5.69. The van der Waals surface area contributed by atoms with Crippen LogP contribution in [0.25, 0.3) is 11.0 Å². The number of halogens is 1. The molecule has 0 saturated carbocycles. The number of carbonyl (C=O) groups is 1. The summed E-state index contributed by atoms with van der Waals surface area (Å²) in [6.07, 6.45) is 0.465. The van der Waals surface area contributed by atoms with Crippen LogP contribution >= 0.6 is 11.6 Å². The van der Waals surface area contributed by atoms with E-state index in [4.69, 9.17) is 21.3 Å². The van der Waals surface area contributed by atoms with Crippen molar-refractivity contribution in [2.45, 2.75) is 25.8 Å². The lowest BCUT2D eigenvalue weighted by Crippen LogP contribution is -2.38. The maximum atomic E-state index is 12.9. The van der Waals surface area contributed by atoms with Crippen LogP contribution in [0.5, 0.6) is 0 Å². The molecule has 31 heavy (non-hydrogen) atoms. The van der Waals surface area contributed by atoms with Crippen molar-refractivity contribution in [2.75, 3.05) is 44.3 Å². The second kappa shape index (κ2) is 8.61. The van der Waals surface area contributed by atoms with Crippen LogP contribution in [0.15, 0.2) is 42.5 Å². The van der Waals surface area contributed by atoms with Crippen molar-refractivity contribution in [1.82, 2.24) is 14.5 Å². The van der Waals surface area contributed by atoms with Crippen LogP contribution in [-0.4, -0.2) is 59.8 Å². The van der Waals surface area contributed by atoms with E-state index in [0.717, 1.165) is 67.5 Å². The number of carbonyl (C=O) groups excluding carboxylic acids is 1. The van der Waals surface area contributed by atoms with E-state index in [-0.39, 0.29) is 11.8 Å². The molecule has 5 rings (SSSR count). The number of anilines is 1. The fraction of sp³-hybridized carbons (Fsp3) is 0.417. The molecule has 0 aliphatic carbocycles. The van der Waals surface area contributed by atoms with Gasteiger partial charge in [0.05, 0.1) is 24.2 Å². The minimum atomic E-state index is 0.0599. The molecule has 0 spiro atoms. The highest BCUT2D eigenvalue weighted by molar-refractivity contribution is 6.31. The molecule has 7 heteroatoms. The van der Waals surface area contributed by atoms with E-state index in [1.165, 1.54) is 0 Å². The molecule has 1 amide bonds. The highest BCUT2D eigenvalue weighted by Gasteiger charge is 2.35. The van der Waals surface area contributed by atoms with Gasteiger partial charge >= 0.3 is 0 Å². The number of para-hydroxylation sites is 2. The number of hydrogen-bond donors (Lipinski definition) is 0. The molecule has 3 heterocycles. The molecule has 3 aromatic rings. The lowest BCUT2D eigenvalue weighted by molar-refractivity contribution is -0.117. The number of imidazole rings is 1. The predicted molar refractivity (Wildman–Crippen MR) is 123 cm³/mol. The number of hydrogen-bond acceptors (Lipinski definition) is 4. The summed E-state index contributed by atoms with van der Waals surface area (Å²) < 4.78 is 7.79. The third-order valence-electron chi connectivity index (χ3n) is 6.38. The van der Waals surface area contributed by atoms with E-state index >= 15 is 0 Å². The minimum Gasteiger partial charge on any atom is -0.379 e. The normalized spacial score (nSPS) is 20.1. The van der Waals surface area contributed by atoms with Gasteiger partial charge in [-0.3, -0.25) is 9.69 Å². The van der Waals surface area contributed by atoms with Gasteiger partial charge in [-0.2, -0.15) is 0 Å². The van der Waals surface area contributed by atoms with Crippen LogP contribution in [0, 0.1) is 6.92 Å². The van der Waals surface area contributed by atoms with Crippen LogP contribution in [0.1, 0.15) is 23.7 Å². The van der Waals surface area contributed by atoms with Crippen molar-refractivity contribution in [3.63, 3.8) is 0 Å². The van der Waals surface area contributed by atoms with E-state index < -0.39 is 0 Å². The standard InChI is InChI=1S/C24H27ClN4O2/c1-17-6-7-19(15-20(17)25)29-16-18(14-23(29)30)24-26-21-4-2-3-5-22(21)28(24)9-8-27-10-12-31-13-11-27/h2-7,15,18H,8-14,16H2,1H3. The second-order valence-corrected chi connectivity index (χ2v) is 8.81. The second-order valence-electron chi connectivity index (χ2n) is 8.40. The zero-order chi connectivity index (χ0) is 21.4. The Morgan fingerprint density at radius 2 is 1.94 bits per heavy atom. The molecule has 2 aromatic carbocycles. The first-order valence-electron chi connectivity index (χ1n) is 10.9. The molecule has 1 atom stereocenters. The van der Waals surface area contributed by atoms with Crippen LogP contribution in [-0.2, 0) is 16.1 Å². The largest absolute Gasteiger partial charge is 0.379 e. The Morgan fingerprint density at radius 1 is 1.13 bits per heavy atom. The number of rotatable bonds is 5.